The summed E-state index contributed by atoms with van der Waals surface area (Å²) in [6.07, 6.45) is 9.49. The standard InChI is InChI=1S/C32H39FN6O3.C32H38N6O3.C31H37FN6O3/c1-3-30(41)37-12-14-38(15-13-37)31-26-9-11-39(29-18-24(40)17-23-7-4-5-8-25(23)29)21-28(26)34-32(35-31)42-16-6-10-36-19-22(2)27(33)20-36;1-2-30(40)36-11-13-37(14-12-36)31-27-8-10-38(29-18-25(39)17-22-6-3-4-7-26(22)29)21-28(27)33-32(34-31)41-15-5-9-35-19-23-16-24(23)20-35;1-2-29(40)36-12-14-37(15-13-36)30-26-9-11-38(28-19-24(39)18-22-6-3-4-8-25(22)28)21-27(26)33-31(34-30)41-17-16-35-10-5-7-23(32)20-35/h3-5,7-8,17-18,22,27,40H,1,6,9-16,19-21H2,2H3;2-4,6-7,17-18,23-24,39H,1,5,8-16,19-21H2;2-4,6,8,18-19,23,39H,1,5,7,9-17,20-21H2/t22-,27+;;23-/m0.1/s1. The topological polar surface area (TPSA) is 256 Å². The molecule has 6 saturated heterocycles. The predicted octanol–water partition coefficient (Wildman–Crippen LogP) is 10.8. The number of carbonyl (C=O) groups is 3. The van der Waals surface area contributed by atoms with Crippen LogP contribution in [0, 0.1) is 17.8 Å². The Kier molecular flexibility index (Phi) is 26.0. The van der Waals surface area contributed by atoms with Gasteiger partial charge in [-0.3, -0.25) is 24.2 Å². The van der Waals surface area contributed by atoms with Crippen LogP contribution < -0.4 is 43.6 Å². The molecule has 29 heteroatoms. The third-order valence-corrected chi connectivity index (χ3v) is 26.2. The molecular weight excluding hydrogens is 1580 g/mol. The Morgan fingerprint density at radius 2 is 0.782 bits per heavy atom. The van der Waals surface area contributed by atoms with Crippen molar-refractivity contribution in [3.8, 4) is 35.3 Å². The number of aromatic hydroxyl groups is 3. The molecule has 3 N–H and O–H groups in total. The Bertz CT molecular complexity index is 5370. The van der Waals surface area contributed by atoms with E-state index in [4.69, 9.17) is 44.1 Å². The van der Waals surface area contributed by atoms with E-state index in [9.17, 15) is 38.5 Å². The number of alkyl halides is 2. The van der Waals surface area contributed by atoms with Crippen molar-refractivity contribution in [3.05, 3.63) is 181 Å². The second kappa shape index (κ2) is 38.2. The molecule has 124 heavy (non-hydrogen) atoms. The van der Waals surface area contributed by atoms with Crippen LogP contribution in [0.15, 0.2) is 147 Å². The number of amides is 3. The van der Waals surface area contributed by atoms with E-state index < -0.39 is 12.3 Å². The zero-order valence-corrected chi connectivity index (χ0v) is 71.1. The summed E-state index contributed by atoms with van der Waals surface area (Å²) < 4.78 is 46.2. The average Bonchev–Trinajstić information content (AvgIpc) is 0.880. The minimum Gasteiger partial charge on any atom is -0.508 e. The van der Waals surface area contributed by atoms with E-state index in [1.165, 1.54) is 37.7 Å². The number of phenols is 3. The molecule has 19 rings (SSSR count). The van der Waals surface area contributed by atoms with Crippen LogP contribution in [0.2, 0.25) is 0 Å². The monoisotopic (exact) mass is 1690 g/mol. The number of anilines is 6. The number of fused-ring (bicyclic) bond motifs is 7. The molecule has 27 nitrogen and oxygen atoms in total. The van der Waals surface area contributed by atoms with E-state index >= 15 is 0 Å². The smallest absolute Gasteiger partial charge is 0.318 e. The van der Waals surface area contributed by atoms with E-state index in [2.05, 4.69) is 82.0 Å². The molecule has 3 aromatic heterocycles. The van der Waals surface area contributed by atoms with Crippen LogP contribution in [0.4, 0.5) is 43.3 Å². The number of carbonyl (C=O) groups excluding carboxylic acids is 3. The van der Waals surface area contributed by atoms with Crippen LogP contribution >= 0.6 is 0 Å². The van der Waals surface area contributed by atoms with Crippen LogP contribution in [0.1, 0.15) is 72.8 Å². The number of piperidine rings is 2. The minimum absolute atomic E-state index is 0.0253. The number of hydrogen-bond acceptors (Lipinski definition) is 24. The van der Waals surface area contributed by atoms with Crippen LogP contribution in [0.25, 0.3) is 32.3 Å². The van der Waals surface area contributed by atoms with Gasteiger partial charge in [-0.2, -0.15) is 29.9 Å². The predicted molar refractivity (Wildman–Crippen MR) is 479 cm³/mol. The number of hydrogen-bond donors (Lipinski definition) is 3. The fraction of sp³-hybridized carbons (Fsp3) is 0.463. The zero-order valence-electron chi connectivity index (χ0n) is 71.1. The Hall–Kier alpha value is -11.7. The molecule has 12 heterocycles. The van der Waals surface area contributed by atoms with Crippen LogP contribution in [-0.4, -0.2) is 282 Å². The Balaban J connectivity index is 0.000000132. The van der Waals surface area contributed by atoms with E-state index in [0.29, 0.717) is 162 Å². The van der Waals surface area contributed by atoms with Gasteiger partial charge in [0.1, 0.15) is 53.7 Å². The molecular formula is C95H114F2N18O9. The number of nitrogens with zero attached hydrogens (tertiary/aromatic N) is 18. The van der Waals surface area contributed by atoms with Gasteiger partial charge in [-0.25, -0.2) is 8.78 Å². The summed E-state index contributed by atoms with van der Waals surface area (Å²) in [6, 6.07) is 36.3. The van der Waals surface area contributed by atoms with Crippen molar-refractivity contribution in [1.82, 2.24) is 59.3 Å². The number of phenolic OH excluding ortho intramolecular Hbond substituents is 3. The van der Waals surface area contributed by atoms with Crippen LogP contribution in [0.5, 0.6) is 35.3 Å². The quantitative estimate of drug-likeness (QED) is 0.0397. The third-order valence-electron chi connectivity index (χ3n) is 26.2. The Labute approximate surface area is 723 Å². The molecule has 9 aliphatic heterocycles. The van der Waals surface area contributed by atoms with Gasteiger partial charge in [0, 0.05) is 225 Å². The van der Waals surface area contributed by atoms with Crippen molar-refractivity contribution < 1.29 is 52.7 Å². The van der Waals surface area contributed by atoms with Gasteiger partial charge in [0.2, 0.25) is 17.7 Å². The van der Waals surface area contributed by atoms with E-state index in [1.807, 2.05) is 95.6 Å². The highest BCUT2D eigenvalue weighted by atomic mass is 19.1. The maximum absolute atomic E-state index is 13.9. The highest BCUT2D eigenvalue weighted by Crippen LogP contribution is 2.46. The maximum atomic E-state index is 13.9. The van der Waals surface area contributed by atoms with Gasteiger partial charge in [-0.1, -0.05) is 99.5 Å². The largest absolute Gasteiger partial charge is 0.508 e. The van der Waals surface area contributed by atoms with Gasteiger partial charge in [-0.15, -0.1) is 0 Å². The lowest BCUT2D eigenvalue weighted by molar-refractivity contribution is -0.127. The number of halogens is 2. The summed E-state index contributed by atoms with van der Waals surface area (Å²) in [5, 5.41) is 37.7. The third kappa shape index (κ3) is 19.5. The summed E-state index contributed by atoms with van der Waals surface area (Å²) >= 11 is 0. The molecule has 0 spiro atoms. The van der Waals surface area contributed by atoms with E-state index in [0.717, 1.165) is 197 Å². The number of aromatic nitrogens is 6. The lowest BCUT2D eigenvalue weighted by atomic mass is 10.0. The average molecular weight is 1690 g/mol. The number of ether oxygens (including phenoxy) is 3. The molecule has 652 valence electrons. The Morgan fingerprint density at radius 3 is 1.14 bits per heavy atom. The molecule has 3 amide bonds. The number of likely N-dealkylation sites (tertiary alicyclic amines) is 3. The molecule has 0 bridgehead atoms. The molecule has 6 aromatic carbocycles. The SMILES string of the molecule is C=CC(=O)N1CCN(c2nc(OCCCN3CC4CC4C3)nc3c2CCN(c2cc(O)cc4ccccc24)C3)CC1.C=CC(=O)N1CCN(c2nc(OCCCN3C[C@@H](F)[C@@H](C)C3)nc3c2CCN(c2cc(O)cc4ccccc24)C3)CC1.C=CC(=O)N1CCN(c2nc(OCCN3CCC[C@@H](F)C3)nc3c2CCN(c2cc(O)cc4ccccc24)C3)CC1. The zero-order chi connectivity index (χ0) is 85.5. The summed E-state index contributed by atoms with van der Waals surface area (Å²) in [4.78, 5) is 91.7. The normalized spacial score (nSPS) is 20.9. The minimum atomic E-state index is -0.776. The summed E-state index contributed by atoms with van der Waals surface area (Å²) in [5.74, 6) is 5.21. The lowest BCUT2D eigenvalue weighted by Crippen LogP contribution is -2.49. The molecule has 0 radical (unpaired) electrons. The van der Waals surface area contributed by atoms with Crippen molar-refractivity contribution in [2.45, 2.75) is 90.3 Å². The lowest BCUT2D eigenvalue weighted by Gasteiger charge is -2.38. The second-order valence-corrected chi connectivity index (χ2v) is 34.4. The van der Waals surface area contributed by atoms with Crippen molar-refractivity contribution in [3.63, 3.8) is 0 Å². The molecule has 5 atom stereocenters. The van der Waals surface area contributed by atoms with Crippen LogP contribution in [0.3, 0.4) is 0 Å². The van der Waals surface area contributed by atoms with Gasteiger partial charge in [-0.05, 0) is 122 Å². The first-order chi connectivity index (χ1) is 60.4. The molecule has 1 saturated carbocycles. The molecule has 10 aliphatic rings. The summed E-state index contributed by atoms with van der Waals surface area (Å²) in [5.41, 5.74) is 9.07. The maximum Gasteiger partial charge on any atom is 0.318 e. The van der Waals surface area contributed by atoms with Gasteiger partial charge in [0.05, 0.1) is 49.9 Å². The highest BCUT2D eigenvalue weighted by Gasteiger charge is 2.45. The fourth-order valence-electron chi connectivity index (χ4n) is 19.4. The van der Waals surface area contributed by atoms with Gasteiger partial charge in [0.15, 0.2) is 0 Å². The first kappa shape index (κ1) is 84.5. The molecule has 9 aromatic rings. The second-order valence-electron chi connectivity index (χ2n) is 34.4. The van der Waals surface area contributed by atoms with Crippen molar-refractivity contribution in [2.24, 2.45) is 17.8 Å². The first-order valence-corrected chi connectivity index (χ1v) is 44.4. The van der Waals surface area contributed by atoms with Gasteiger partial charge < -0.3 is 78.5 Å². The first-order valence-electron chi connectivity index (χ1n) is 44.4. The fourth-order valence-corrected chi connectivity index (χ4v) is 19.4. The number of rotatable bonds is 23. The van der Waals surface area contributed by atoms with E-state index in [-0.39, 0.29) is 40.9 Å². The van der Waals surface area contributed by atoms with Crippen molar-refractivity contribution >= 4 is 84.6 Å². The van der Waals surface area contributed by atoms with Crippen molar-refractivity contribution in [1.29, 1.82) is 0 Å². The van der Waals surface area contributed by atoms with Gasteiger partial charge in [0.25, 0.3) is 0 Å². The summed E-state index contributed by atoms with van der Waals surface area (Å²) in [7, 11) is 0. The Morgan fingerprint density at radius 1 is 0.419 bits per heavy atom. The van der Waals surface area contributed by atoms with E-state index in [1.54, 1.807) is 17.0 Å². The van der Waals surface area contributed by atoms with Gasteiger partial charge >= 0.3 is 18.0 Å². The molecule has 7 fully saturated rings. The number of benzene rings is 6. The highest BCUT2D eigenvalue weighted by molar-refractivity contribution is 5.98. The number of piperazine rings is 3. The van der Waals surface area contributed by atoms with Crippen LogP contribution in [-0.2, 0) is 53.3 Å². The molecule has 1 aliphatic carbocycles. The summed E-state index contributed by atoms with van der Waals surface area (Å²) in [6.45, 7) is 33.6. The molecule has 2 unspecified atom stereocenters. The van der Waals surface area contributed by atoms with Crippen molar-refractivity contribution in [2.75, 3.05) is 206 Å².